The molecule has 2 aliphatic carbocycles. The van der Waals surface area contributed by atoms with Crippen LogP contribution in [-0.2, 0) is 10.8 Å². The summed E-state index contributed by atoms with van der Waals surface area (Å²) in [5, 5.41) is 0. The summed E-state index contributed by atoms with van der Waals surface area (Å²) >= 11 is 0. The minimum absolute atomic E-state index is 0.240. The first-order valence-electron chi connectivity index (χ1n) is 23.5. The van der Waals surface area contributed by atoms with Crippen molar-refractivity contribution < 1.29 is 0 Å². The highest BCUT2D eigenvalue weighted by Gasteiger charge is 2.49. The standard InChI is InChI=1S/C65H51N/c1-44-28-34-53(35-29-44)65(52-24-14-7-15-25-52)59-42-49(32-38-55(59)57-41-51(46-20-10-5-11-21-46)40-56(63(57)65)48-22-12-6-13-23-48)50-33-39-62-60(43-50)64(2,3)58-26-16-17-27-61(58)66(62)54-36-30-47(31-37-54)45-18-8-4-9-19-45/h4-28,30-44H,29H2,1-3H3. The summed E-state index contributed by atoms with van der Waals surface area (Å²) in [4.78, 5) is 2.46. The van der Waals surface area contributed by atoms with E-state index < -0.39 is 5.41 Å². The predicted molar refractivity (Wildman–Crippen MR) is 278 cm³/mol. The molecule has 66 heavy (non-hydrogen) atoms. The van der Waals surface area contributed by atoms with E-state index in [1.807, 2.05) is 0 Å². The number of nitrogens with zero attached hydrogens (tertiary/aromatic N) is 1. The van der Waals surface area contributed by atoms with Crippen molar-refractivity contribution in [2.75, 3.05) is 4.90 Å². The molecule has 1 heteroatoms. The monoisotopic (exact) mass is 845 g/mol. The maximum atomic E-state index is 2.54. The Morgan fingerprint density at radius 2 is 0.955 bits per heavy atom. The smallest absolute Gasteiger partial charge is 0.0716 e. The van der Waals surface area contributed by atoms with Crippen molar-refractivity contribution in [2.45, 2.75) is 38.0 Å². The van der Waals surface area contributed by atoms with E-state index in [1.165, 1.54) is 100 Å². The molecule has 0 aromatic heterocycles. The number of para-hydroxylation sites is 1. The molecule has 3 aliphatic rings. The van der Waals surface area contributed by atoms with Gasteiger partial charge in [-0.3, -0.25) is 0 Å². The number of allylic oxidation sites excluding steroid dienone is 4. The van der Waals surface area contributed by atoms with Gasteiger partial charge in [0.05, 0.1) is 16.8 Å². The van der Waals surface area contributed by atoms with Crippen LogP contribution in [0.15, 0.2) is 242 Å². The highest BCUT2D eigenvalue weighted by atomic mass is 15.2. The van der Waals surface area contributed by atoms with Crippen LogP contribution in [0.1, 0.15) is 55.0 Å². The van der Waals surface area contributed by atoms with Crippen molar-refractivity contribution in [1.82, 2.24) is 0 Å². The Labute approximate surface area is 389 Å². The van der Waals surface area contributed by atoms with Crippen LogP contribution in [0.3, 0.4) is 0 Å². The van der Waals surface area contributed by atoms with Gasteiger partial charge in [-0.1, -0.05) is 209 Å². The Hall–Kier alpha value is -7.74. The van der Waals surface area contributed by atoms with E-state index in [-0.39, 0.29) is 5.41 Å². The third-order valence-corrected chi connectivity index (χ3v) is 14.7. The Morgan fingerprint density at radius 3 is 1.62 bits per heavy atom. The molecule has 12 rings (SSSR count). The minimum atomic E-state index is -0.561. The highest BCUT2D eigenvalue weighted by molar-refractivity contribution is 5.97. The normalized spacial score (nSPS) is 17.6. The minimum Gasteiger partial charge on any atom is -0.310 e. The Kier molecular flexibility index (Phi) is 9.50. The maximum Gasteiger partial charge on any atom is 0.0716 e. The zero-order valence-electron chi connectivity index (χ0n) is 37.7. The summed E-state index contributed by atoms with van der Waals surface area (Å²) in [5.74, 6) is 0.479. The van der Waals surface area contributed by atoms with Gasteiger partial charge in [-0.15, -0.1) is 0 Å². The Bertz CT molecular complexity index is 3340. The van der Waals surface area contributed by atoms with Crippen LogP contribution in [0.4, 0.5) is 17.1 Å². The SMILES string of the molecule is CC1C=CC(C2(c3ccccc3)c3cc(-c4ccc5c(c4)C(C)(C)c4ccccc4N5c4ccc(-c5ccccc5)cc4)ccc3-c3cc(-c4ccccc4)cc(-c4ccccc4)c32)=CC1. The lowest BCUT2D eigenvalue weighted by Crippen LogP contribution is -2.31. The first-order chi connectivity index (χ1) is 32.4. The van der Waals surface area contributed by atoms with Gasteiger partial charge in [0.1, 0.15) is 0 Å². The summed E-state index contributed by atoms with van der Waals surface area (Å²) in [6.45, 7) is 7.11. The molecule has 0 fully saturated rings. The lowest BCUT2D eigenvalue weighted by atomic mass is 9.64. The molecule has 2 atom stereocenters. The Morgan fingerprint density at radius 1 is 0.424 bits per heavy atom. The first kappa shape index (κ1) is 39.8. The van der Waals surface area contributed by atoms with E-state index >= 15 is 0 Å². The van der Waals surface area contributed by atoms with Gasteiger partial charge in [-0.25, -0.2) is 0 Å². The molecular formula is C65H51N. The highest BCUT2D eigenvalue weighted by Crippen LogP contribution is 2.61. The van der Waals surface area contributed by atoms with Crippen LogP contribution in [0.2, 0.25) is 0 Å². The van der Waals surface area contributed by atoms with Gasteiger partial charge in [0.25, 0.3) is 0 Å². The van der Waals surface area contributed by atoms with Gasteiger partial charge in [-0.05, 0) is 150 Å². The maximum absolute atomic E-state index is 2.54. The van der Waals surface area contributed by atoms with Crippen LogP contribution >= 0.6 is 0 Å². The number of rotatable bonds is 7. The van der Waals surface area contributed by atoms with Crippen LogP contribution in [0.25, 0.3) is 55.6 Å². The summed E-state index contributed by atoms with van der Waals surface area (Å²) in [7, 11) is 0. The fourth-order valence-electron chi connectivity index (χ4n) is 11.4. The van der Waals surface area contributed by atoms with E-state index in [1.54, 1.807) is 0 Å². The van der Waals surface area contributed by atoms with Gasteiger partial charge in [0.15, 0.2) is 0 Å². The van der Waals surface area contributed by atoms with Gasteiger partial charge >= 0.3 is 0 Å². The molecule has 0 amide bonds. The summed E-state index contributed by atoms with van der Waals surface area (Å²) in [6, 6.07) is 81.4. The molecule has 0 saturated carbocycles. The lowest BCUT2D eigenvalue weighted by Gasteiger charge is -2.42. The molecule has 0 N–H and O–H groups in total. The van der Waals surface area contributed by atoms with Crippen molar-refractivity contribution in [2.24, 2.45) is 5.92 Å². The predicted octanol–water partition coefficient (Wildman–Crippen LogP) is 17.3. The molecule has 9 aromatic rings. The zero-order valence-corrected chi connectivity index (χ0v) is 37.7. The molecule has 1 aliphatic heterocycles. The summed E-state index contributed by atoms with van der Waals surface area (Å²) in [5.41, 5.74) is 23.2. The third kappa shape index (κ3) is 6.29. The van der Waals surface area contributed by atoms with Gasteiger partial charge in [-0.2, -0.15) is 0 Å². The molecule has 1 heterocycles. The van der Waals surface area contributed by atoms with Gasteiger partial charge in [0.2, 0.25) is 0 Å². The number of hydrogen-bond donors (Lipinski definition) is 0. The van der Waals surface area contributed by atoms with Crippen molar-refractivity contribution >= 4 is 17.1 Å². The second kappa shape index (κ2) is 15.8. The molecule has 0 radical (unpaired) electrons. The largest absolute Gasteiger partial charge is 0.310 e. The average molecular weight is 846 g/mol. The van der Waals surface area contributed by atoms with Crippen LogP contribution in [0.5, 0.6) is 0 Å². The topological polar surface area (TPSA) is 3.24 Å². The van der Waals surface area contributed by atoms with Crippen LogP contribution in [0, 0.1) is 5.92 Å². The number of fused-ring (bicyclic) bond motifs is 5. The fourth-order valence-corrected chi connectivity index (χ4v) is 11.4. The number of anilines is 3. The molecule has 316 valence electrons. The Balaban J connectivity index is 1.08. The van der Waals surface area contributed by atoms with Crippen molar-refractivity contribution in [1.29, 1.82) is 0 Å². The second-order valence-electron chi connectivity index (χ2n) is 18.9. The van der Waals surface area contributed by atoms with E-state index in [0.29, 0.717) is 5.92 Å². The van der Waals surface area contributed by atoms with Crippen LogP contribution < -0.4 is 4.90 Å². The second-order valence-corrected chi connectivity index (χ2v) is 18.9. The number of hydrogen-bond acceptors (Lipinski definition) is 1. The van der Waals surface area contributed by atoms with Crippen LogP contribution in [-0.4, -0.2) is 0 Å². The average Bonchev–Trinajstić information content (AvgIpc) is 3.68. The summed E-state index contributed by atoms with van der Waals surface area (Å²) in [6.07, 6.45) is 8.39. The fraction of sp³-hybridized carbons (Fsp3) is 0.108. The molecule has 1 nitrogen and oxygen atoms in total. The lowest BCUT2D eigenvalue weighted by molar-refractivity contribution is 0.632. The van der Waals surface area contributed by atoms with Gasteiger partial charge < -0.3 is 4.90 Å². The third-order valence-electron chi connectivity index (χ3n) is 14.7. The molecule has 2 unspecified atom stereocenters. The van der Waals surface area contributed by atoms with Gasteiger partial charge in [0, 0.05) is 11.1 Å². The van der Waals surface area contributed by atoms with Crippen molar-refractivity contribution in [3.8, 4) is 55.6 Å². The van der Waals surface area contributed by atoms with E-state index in [2.05, 4.69) is 262 Å². The first-order valence-corrected chi connectivity index (χ1v) is 23.5. The van der Waals surface area contributed by atoms with Crippen molar-refractivity contribution in [3.63, 3.8) is 0 Å². The molecule has 0 bridgehead atoms. The number of benzene rings is 9. The van der Waals surface area contributed by atoms with E-state index in [9.17, 15) is 0 Å². The summed E-state index contributed by atoms with van der Waals surface area (Å²) < 4.78 is 0. The molecule has 0 saturated heterocycles. The quantitative estimate of drug-likeness (QED) is 0.154. The molecule has 0 spiro atoms. The molecular weight excluding hydrogens is 795 g/mol. The van der Waals surface area contributed by atoms with E-state index in [4.69, 9.17) is 0 Å². The molecule has 9 aromatic carbocycles. The van der Waals surface area contributed by atoms with Crippen molar-refractivity contribution in [3.05, 3.63) is 270 Å². The van der Waals surface area contributed by atoms with E-state index in [0.717, 1.165) is 12.1 Å². The zero-order chi connectivity index (χ0) is 44.4.